The number of amides is 1. The van der Waals surface area contributed by atoms with E-state index in [4.69, 9.17) is 16.0 Å². The minimum absolute atomic E-state index is 0.0967. The fourth-order valence-electron chi connectivity index (χ4n) is 2.10. The van der Waals surface area contributed by atoms with Gasteiger partial charge >= 0.3 is 0 Å². The lowest BCUT2D eigenvalue weighted by Crippen LogP contribution is -2.14. The number of thioether (sulfide) groups is 1. The Bertz CT molecular complexity index is 846. The van der Waals surface area contributed by atoms with Gasteiger partial charge in [0.25, 0.3) is 5.22 Å². The number of hydrogen-bond donors (Lipinski definition) is 1. The first-order chi connectivity index (χ1) is 11.6. The van der Waals surface area contributed by atoms with Crippen LogP contribution in [0.25, 0.3) is 11.3 Å². The number of carbonyl (C=O) groups is 1. The van der Waals surface area contributed by atoms with Crippen molar-refractivity contribution in [1.29, 1.82) is 0 Å². The van der Waals surface area contributed by atoms with E-state index in [1.54, 1.807) is 18.3 Å². The SMILES string of the molecule is Cc1ccccc1NC(=O)CSc1ncc(-c2ccc(Cl)cc2)o1. The third-order valence-electron chi connectivity index (χ3n) is 3.36. The van der Waals surface area contributed by atoms with E-state index in [1.165, 1.54) is 11.8 Å². The summed E-state index contributed by atoms with van der Waals surface area (Å²) in [6.45, 7) is 1.95. The zero-order valence-corrected chi connectivity index (χ0v) is 14.5. The van der Waals surface area contributed by atoms with Gasteiger partial charge in [0.2, 0.25) is 5.91 Å². The van der Waals surface area contributed by atoms with Gasteiger partial charge in [-0.05, 0) is 42.8 Å². The first-order valence-electron chi connectivity index (χ1n) is 7.32. The van der Waals surface area contributed by atoms with E-state index in [9.17, 15) is 4.79 Å². The molecule has 0 spiro atoms. The molecule has 24 heavy (non-hydrogen) atoms. The summed E-state index contributed by atoms with van der Waals surface area (Å²) in [6, 6.07) is 15.0. The largest absolute Gasteiger partial charge is 0.431 e. The number of benzene rings is 2. The van der Waals surface area contributed by atoms with E-state index < -0.39 is 0 Å². The maximum Gasteiger partial charge on any atom is 0.256 e. The zero-order chi connectivity index (χ0) is 16.9. The van der Waals surface area contributed by atoms with Crippen LogP contribution in [0.2, 0.25) is 5.02 Å². The molecule has 6 heteroatoms. The van der Waals surface area contributed by atoms with Gasteiger partial charge in [0, 0.05) is 16.3 Å². The highest BCUT2D eigenvalue weighted by atomic mass is 35.5. The summed E-state index contributed by atoms with van der Waals surface area (Å²) in [5.41, 5.74) is 2.73. The van der Waals surface area contributed by atoms with Gasteiger partial charge in [-0.25, -0.2) is 4.98 Å². The standard InChI is InChI=1S/C18H15ClN2O2S/c1-12-4-2-3-5-15(12)21-17(22)11-24-18-20-10-16(23-18)13-6-8-14(19)9-7-13/h2-10H,11H2,1H3,(H,21,22). The van der Waals surface area contributed by atoms with E-state index in [2.05, 4.69) is 10.3 Å². The first-order valence-corrected chi connectivity index (χ1v) is 8.68. The quantitative estimate of drug-likeness (QED) is 0.649. The van der Waals surface area contributed by atoms with Gasteiger partial charge in [-0.1, -0.05) is 41.6 Å². The Hall–Kier alpha value is -2.24. The number of nitrogens with zero attached hydrogens (tertiary/aromatic N) is 1. The smallest absolute Gasteiger partial charge is 0.256 e. The molecule has 0 bridgehead atoms. The predicted octanol–water partition coefficient (Wildman–Crippen LogP) is 5.03. The molecule has 1 amide bonds. The van der Waals surface area contributed by atoms with Gasteiger partial charge in [-0.3, -0.25) is 4.79 Å². The van der Waals surface area contributed by atoms with Crippen LogP contribution in [-0.2, 0) is 4.79 Å². The van der Waals surface area contributed by atoms with Crippen LogP contribution in [0.5, 0.6) is 0 Å². The van der Waals surface area contributed by atoms with Gasteiger partial charge in [0.15, 0.2) is 5.76 Å². The molecular weight excluding hydrogens is 344 g/mol. The fourth-order valence-corrected chi connectivity index (χ4v) is 2.83. The second-order valence-electron chi connectivity index (χ2n) is 5.15. The van der Waals surface area contributed by atoms with Crippen LogP contribution in [0.4, 0.5) is 5.69 Å². The Morgan fingerprint density at radius 3 is 2.71 bits per heavy atom. The minimum atomic E-state index is -0.0967. The topological polar surface area (TPSA) is 55.1 Å². The normalized spacial score (nSPS) is 10.6. The summed E-state index contributed by atoms with van der Waals surface area (Å²) >= 11 is 7.13. The molecule has 0 radical (unpaired) electrons. The summed E-state index contributed by atoms with van der Waals surface area (Å²) in [5, 5.41) is 4.01. The maximum absolute atomic E-state index is 12.0. The Morgan fingerprint density at radius 2 is 1.96 bits per heavy atom. The Kier molecular flexibility index (Phi) is 5.23. The van der Waals surface area contributed by atoms with Crippen molar-refractivity contribution >= 4 is 35.0 Å². The summed E-state index contributed by atoms with van der Waals surface area (Å²) in [4.78, 5) is 16.2. The van der Waals surface area contributed by atoms with Crippen molar-refractivity contribution in [3.63, 3.8) is 0 Å². The third-order valence-corrected chi connectivity index (χ3v) is 4.45. The van der Waals surface area contributed by atoms with Gasteiger partial charge in [0.05, 0.1) is 11.9 Å². The van der Waals surface area contributed by atoms with Crippen molar-refractivity contribution in [2.75, 3.05) is 11.1 Å². The summed E-state index contributed by atoms with van der Waals surface area (Å²) in [7, 11) is 0. The Morgan fingerprint density at radius 1 is 1.21 bits per heavy atom. The number of para-hydroxylation sites is 1. The maximum atomic E-state index is 12.0. The number of anilines is 1. The molecule has 0 aliphatic heterocycles. The molecule has 3 aromatic rings. The lowest BCUT2D eigenvalue weighted by Gasteiger charge is -2.06. The molecule has 4 nitrogen and oxygen atoms in total. The summed E-state index contributed by atoms with van der Waals surface area (Å²) in [6.07, 6.45) is 1.64. The second kappa shape index (κ2) is 7.55. The number of oxazole rings is 1. The third kappa shape index (κ3) is 4.19. The van der Waals surface area contributed by atoms with E-state index in [1.807, 2.05) is 43.3 Å². The monoisotopic (exact) mass is 358 g/mol. The molecule has 0 atom stereocenters. The molecule has 0 aliphatic rings. The second-order valence-corrected chi connectivity index (χ2v) is 6.51. The molecule has 2 aromatic carbocycles. The fraction of sp³-hybridized carbons (Fsp3) is 0.111. The molecule has 0 fully saturated rings. The molecule has 1 aromatic heterocycles. The summed E-state index contributed by atoms with van der Waals surface area (Å²) < 4.78 is 5.66. The van der Waals surface area contributed by atoms with Crippen LogP contribution in [-0.4, -0.2) is 16.6 Å². The van der Waals surface area contributed by atoms with Crippen molar-refractivity contribution in [3.8, 4) is 11.3 Å². The van der Waals surface area contributed by atoms with Crippen molar-refractivity contribution in [3.05, 3.63) is 65.3 Å². The number of aryl methyl sites for hydroxylation is 1. The number of hydrogen-bond acceptors (Lipinski definition) is 4. The van der Waals surface area contributed by atoms with E-state index in [0.717, 1.165) is 16.8 Å². The zero-order valence-electron chi connectivity index (χ0n) is 13.0. The van der Waals surface area contributed by atoms with Gasteiger partial charge in [-0.15, -0.1) is 0 Å². The highest BCUT2D eigenvalue weighted by Gasteiger charge is 2.10. The number of carbonyl (C=O) groups excluding carboxylic acids is 1. The van der Waals surface area contributed by atoms with Crippen LogP contribution >= 0.6 is 23.4 Å². The Balaban J connectivity index is 1.58. The average molecular weight is 359 g/mol. The number of rotatable bonds is 5. The molecule has 0 saturated heterocycles. The molecule has 122 valence electrons. The molecule has 0 saturated carbocycles. The molecule has 0 unspecified atom stereocenters. The van der Waals surface area contributed by atoms with E-state index in [-0.39, 0.29) is 11.7 Å². The van der Waals surface area contributed by atoms with E-state index >= 15 is 0 Å². The van der Waals surface area contributed by atoms with Crippen LogP contribution < -0.4 is 5.32 Å². The van der Waals surface area contributed by atoms with Crippen LogP contribution in [0, 0.1) is 6.92 Å². The van der Waals surface area contributed by atoms with Crippen LogP contribution in [0.15, 0.2) is 64.4 Å². The van der Waals surface area contributed by atoms with Crippen molar-refractivity contribution in [2.45, 2.75) is 12.1 Å². The number of halogens is 1. The first kappa shape index (κ1) is 16.6. The molecule has 0 aliphatic carbocycles. The minimum Gasteiger partial charge on any atom is -0.431 e. The Labute approximate surface area is 149 Å². The predicted molar refractivity (Wildman–Crippen MR) is 97.5 cm³/mol. The van der Waals surface area contributed by atoms with Crippen molar-refractivity contribution in [1.82, 2.24) is 4.98 Å². The van der Waals surface area contributed by atoms with Crippen molar-refractivity contribution < 1.29 is 9.21 Å². The number of aromatic nitrogens is 1. The van der Waals surface area contributed by atoms with E-state index in [0.29, 0.717) is 16.0 Å². The van der Waals surface area contributed by atoms with Gasteiger partial charge in [-0.2, -0.15) is 0 Å². The molecule has 3 rings (SSSR count). The lowest BCUT2D eigenvalue weighted by molar-refractivity contribution is -0.113. The average Bonchev–Trinajstić information content (AvgIpc) is 3.05. The summed E-state index contributed by atoms with van der Waals surface area (Å²) in [5.74, 6) is 0.781. The van der Waals surface area contributed by atoms with Gasteiger partial charge < -0.3 is 9.73 Å². The molecule has 1 N–H and O–H groups in total. The highest BCUT2D eigenvalue weighted by molar-refractivity contribution is 7.99. The highest BCUT2D eigenvalue weighted by Crippen LogP contribution is 2.26. The number of nitrogens with one attached hydrogen (secondary N) is 1. The van der Waals surface area contributed by atoms with Crippen LogP contribution in [0.1, 0.15) is 5.56 Å². The van der Waals surface area contributed by atoms with Gasteiger partial charge in [0.1, 0.15) is 0 Å². The molecular formula is C18H15ClN2O2S. The van der Waals surface area contributed by atoms with Crippen molar-refractivity contribution in [2.24, 2.45) is 0 Å². The van der Waals surface area contributed by atoms with Crippen LogP contribution in [0.3, 0.4) is 0 Å². The lowest BCUT2D eigenvalue weighted by atomic mass is 10.2. The molecule has 1 heterocycles.